The first-order valence-corrected chi connectivity index (χ1v) is 9.51. The van der Waals surface area contributed by atoms with Crippen molar-refractivity contribution >= 4 is 31.5 Å². The molecular weight excluding hydrogens is 354 g/mol. The Labute approximate surface area is 169 Å². The van der Waals surface area contributed by atoms with Gasteiger partial charge in [-0.15, -0.1) is 6.58 Å². The summed E-state index contributed by atoms with van der Waals surface area (Å²) in [6.45, 7) is 9.09. The molecule has 0 amide bonds. The number of rotatable bonds is 9. The van der Waals surface area contributed by atoms with Crippen molar-refractivity contribution in [2.75, 3.05) is 5.75 Å². The zero-order valence-corrected chi connectivity index (χ0v) is 17.0. The van der Waals surface area contributed by atoms with E-state index >= 15 is 0 Å². The Morgan fingerprint density at radius 1 is 1.37 bits per heavy atom. The van der Waals surface area contributed by atoms with Crippen LogP contribution in [0.15, 0.2) is 87.9 Å². The van der Waals surface area contributed by atoms with Gasteiger partial charge in [0.25, 0.3) is 0 Å². The molecule has 0 aliphatic carbocycles. The van der Waals surface area contributed by atoms with Crippen LogP contribution in [0.2, 0.25) is 0 Å². The number of nitrogens with two attached hydrogens (primary N) is 1. The van der Waals surface area contributed by atoms with E-state index in [2.05, 4.69) is 58.4 Å². The van der Waals surface area contributed by atoms with Gasteiger partial charge in [0.05, 0.1) is 0 Å². The Bertz CT molecular complexity index is 623. The van der Waals surface area contributed by atoms with Crippen LogP contribution in [0, 0.1) is 0 Å². The van der Waals surface area contributed by atoms with Crippen LogP contribution in [-0.4, -0.2) is 24.6 Å². The summed E-state index contributed by atoms with van der Waals surface area (Å²) in [6, 6.07) is 0. The van der Waals surface area contributed by atoms with Crippen molar-refractivity contribution in [3.8, 4) is 0 Å². The quantitative estimate of drug-likeness (QED) is 0.177. The van der Waals surface area contributed by atoms with Crippen molar-refractivity contribution < 1.29 is 0 Å². The second kappa shape index (κ2) is 18.2. The lowest BCUT2D eigenvalue weighted by molar-refractivity contribution is 0.943. The standard InChI is InChI=1S/C15H24N4S.C6H7N/c1-4-6-10-13(11-7-8-12-20)18-14(9-5-2)19-15(16)17-3;1-2-4-6-7-5-3-1/h4,7,9-11,18,20H,1,3,5-6,8,12H2,2H3,(H2,16,19);1,3-6H,2H2/b11-7-,13-10+,14-9-;. The number of guanidine groups is 1. The van der Waals surface area contributed by atoms with Crippen LogP contribution in [0.4, 0.5) is 0 Å². The molecule has 146 valence electrons. The first-order valence-electron chi connectivity index (χ1n) is 8.87. The maximum Gasteiger partial charge on any atom is 0.221 e. The molecule has 0 radical (unpaired) electrons. The van der Waals surface area contributed by atoms with Gasteiger partial charge in [-0.3, -0.25) is 4.99 Å². The van der Waals surface area contributed by atoms with Gasteiger partial charge in [0.1, 0.15) is 5.82 Å². The zero-order valence-electron chi connectivity index (χ0n) is 16.1. The Hall–Kier alpha value is -2.60. The summed E-state index contributed by atoms with van der Waals surface area (Å²) in [5.74, 6) is 1.61. The van der Waals surface area contributed by atoms with Crippen LogP contribution < -0.4 is 11.1 Å². The summed E-state index contributed by atoms with van der Waals surface area (Å²) in [7, 11) is 0. The molecule has 0 fully saturated rings. The zero-order chi connectivity index (χ0) is 20.2. The topological polar surface area (TPSA) is 75.1 Å². The normalized spacial score (nSPS) is 14.5. The summed E-state index contributed by atoms with van der Waals surface area (Å²) in [5.41, 5.74) is 6.51. The maximum absolute atomic E-state index is 5.58. The number of hydrogen-bond acceptors (Lipinski definition) is 4. The molecule has 0 aromatic carbocycles. The van der Waals surface area contributed by atoms with Gasteiger partial charge in [0.2, 0.25) is 5.96 Å². The van der Waals surface area contributed by atoms with Gasteiger partial charge in [0.15, 0.2) is 0 Å². The first-order chi connectivity index (χ1) is 13.2. The third-order valence-electron chi connectivity index (χ3n) is 2.94. The number of aliphatic imine (C=N–C) groups is 3. The minimum absolute atomic E-state index is 0.139. The fraction of sp³-hybridized carbons (Fsp3) is 0.286. The van der Waals surface area contributed by atoms with E-state index in [-0.39, 0.29) is 5.96 Å². The molecule has 0 saturated carbocycles. The van der Waals surface area contributed by atoms with E-state index in [0.717, 1.165) is 37.1 Å². The number of nitrogens with zero attached hydrogens (tertiary/aromatic N) is 3. The van der Waals surface area contributed by atoms with Crippen LogP contribution in [0.3, 0.4) is 0 Å². The van der Waals surface area contributed by atoms with E-state index in [0.29, 0.717) is 5.82 Å². The molecule has 1 aliphatic heterocycles. The second-order valence-corrected chi connectivity index (χ2v) is 5.64. The van der Waals surface area contributed by atoms with Gasteiger partial charge in [-0.1, -0.05) is 37.3 Å². The predicted octanol–water partition coefficient (Wildman–Crippen LogP) is 4.71. The van der Waals surface area contributed by atoms with E-state index < -0.39 is 0 Å². The molecule has 6 heteroatoms. The molecule has 0 aromatic rings. The highest BCUT2D eigenvalue weighted by Gasteiger charge is 1.98. The maximum atomic E-state index is 5.58. The van der Waals surface area contributed by atoms with Gasteiger partial charge < -0.3 is 11.1 Å². The number of thiol groups is 1. The van der Waals surface area contributed by atoms with Crippen LogP contribution in [0.25, 0.3) is 0 Å². The first kappa shape index (κ1) is 24.4. The van der Waals surface area contributed by atoms with E-state index in [9.17, 15) is 0 Å². The molecule has 27 heavy (non-hydrogen) atoms. The summed E-state index contributed by atoms with van der Waals surface area (Å²) in [6.07, 6.45) is 23.0. The van der Waals surface area contributed by atoms with Crippen molar-refractivity contribution in [3.05, 3.63) is 72.9 Å². The van der Waals surface area contributed by atoms with Gasteiger partial charge in [-0.25, -0.2) is 4.99 Å². The molecule has 1 rings (SSSR count). The highest BCUT2D eigenvalue weighted by atomic mass is 32.1. The van der Waals surface area contributed by atoms with E-state index in [1.165, 1.54) is 0 Å². The minimum atomic E-state index is 0.139. The highest BCUT2D eigenvalue weighted by Crippen LogP contribution is 2.04. The lowest BCUT2D eigenvalue weighted by Crippen LogP contribution is -2.15. The summed E-state index contributed by atoms with van der Waals surface area (Å²) in [5, 5.41) is 3.22. The van der Waals surface area contributed by atoms with E-state index in [4.69, 9.17) is 5.73 Å². The average Bonchev–Trinajstić information content (AvgIpc) is 2.99. The van der Waals surface area contributed by atoms with Gasteiger partial charge in [-0.2, -0.15) is 17.6 Å². The number of hydrogen-bond donors (Lipinski definition) is 3. The molecule has 3 N–H and O–H groups in total. The van der Waals surface area contributed by atoms with Crippen LogP contribution in [-0.2, 0) is 0 Å². The van der Waals surface area contributed by atoms with Gasteiger partial charge in [0, 0.05) is 18.1 Å². The number of allylic oxidation sites excluding steroid dienone is 8. The van der Waals surface area contributed by atoms with E-state index in [1.54, 1.807) is 12.4 Å². The van der Waals surface area contributed by atoms with Gasteiger partial charge >= 0.3 is 0 Å². The molecule has 0 aromatic heterocycles. The highest BCUT2D eigenvalue weighted by molar-refractivity contribution is 7.80. The molecule has 0 atom stereocenters. The fourth-order valence-corrected chi connectivity index (χ4v) is 1.87. The summed E-state index contributed by atoms with van der Waals surface area (Å²) in [4.78, 5) is 11.6. The fourth-order valence-electron chi connectivity index (χ4n) is 1.72. The van der Waals surface area contributed by atoms with Gasteiger partial charge in [-0.05, 0) is 56.4 Å². The second-order valence-electron chi connectivity index (χ2n) is 5.20. The Kier molecular flexibility index (Phi) is 16.4. The Balaban J connectivity index is 0.000000797. The van der Waals surface area contributed by atoms with E-state index in [1.807, 2.05) is 43.4 Å². The molecular formula is C21H31N5S. The predicted molar refractivity (Wildman–Crippen MR) is 125 cm³/mol. The van der Waals surface area contributed by atoms with Crippen molar-refractivity contribution in [2.24, 2.45) is 20.7 Å². The molecule has 1 heterocycles. The summed E-state index contributed by atoms with van der Waals surface area (Å²) >= 11 is 4.18. The van der Waals surface area contributed by atoms with Crippen molar-refractivity contribution in [1.29, 1.82) is 0 Å². The molecule has 0 spiro atoms. The van der Waals surface area contributed by atoms with Crippen LogP contribution in [0.1, 0.15) is 32.6 Å². The largest absolute Gasteiger partial charge is 0.368 e. The minimum Gasteiger partial charge on any atom is -0.368 e. The molecule has 0 bridgehead atoms. The lowest BCUT2D eigenvalue weighted by atomic mass is 10.2. The van der Waals surface area contributed by atoms with Crippen molar-refractivity contribution in [2.45, 2.75) is 32.6 Å². The monoisotopic (exact) mass is 385 g/mol. The van der Waals surface area contributed by atoms with Crippen LogP contribution in [0.5, 0.6) is 0 Å². The van der Waals surface area contributed by atoms with Crippen molar-refractivity contribution in [1.82, 2.24) is 5.32 Å². The average molecular weight is 386 g/mol. The van der Waals surface area contributed by atoms with Crippen molar-refractivity contribution in [3.63, 3.8) is 0 Å². The van der Waals surface area contributed by atoms with Crippen LogP contribution >= 0.6 is 12.6 Å². The molecule has 5 nitrogen and oxygen atoms in total. The lowest BCUT2D eigenvalue weighted by Gasteiger charge is -2.08. The smallest absolute Gasteiger partial charge is 0.221 e. The third-order valence-corrected chi connectivity index (χ3v) is 3.19. The molecule has 0 unspecified atom stereocenters. The SMILES string of the molecule is C1=CCC=CN=C1.C=CC/C=C(\C=C/CCS)NC(=C/CC)/N=C(/N)N=C. The molecule has 1 aliphatic rings. The third kappa shape index (κ3) is 15.4. The Morgan fingerprint density at radius 3 is 2.85 bits per heavy atom. The molecule has 0 saturated heterocycles. The Morgan fingerprint density at radius 2 is 2.19 bits per heavy atom. The summed E-state index contributed by atoms with van der Waals surface area (Å²) < 4.78 is 0. The number of nitrogens with one attached hydrogen (secondary N) is 1.